The van der Waals surface area contributed by atoms with Crippen LogP contribution in [0.15, 0.2) is 24.3 Å². The van der Waals surface area contributed by atoms with Crippen molar-refractivity contribution in [2.75, 3.05) is 6.54 Å². The number of hydrogen-bond acceptors (Lipinski definition) is 4. The van der Waals surface area contributed by atoms with Crippen LogP contribution in [-0.4, -0.2) is 34.8 Å². The van der Waals surface area contributed by atoms with E-state index in [4.69, 9.17) is 5.73 Å². The predicted octanol–water partition coefficient (Wildman–Crippen LogP) is -0.0682. The molecule has 5 nitrogen and oxygen atoms in total. The van der Waals surface area contributed by atoms with E-state index in [0.717, 1.165) is 12.8 Å². The van der Waals surface area contributed by atoms with Gasteiger partial charge in [-0.1, -0.05) is 12.1 Å². The summed E-state index contributed by atoms with van der Waals surface area (Å²) in [7, 11) is 0. The van der Waals surface area contributed by atoms with Gasteiger partial charge in [-0.2, -0.15) is 0 Å². The zero-order chi connectivity index (χ0) is 13.1. The van der Waals surface area contributed by atoms with Crippen molar-refractivity contribution in [3.05, 3.63) is 35.4 Å². The number of aliphatic hydroxyl groups excluding tert-OH is 2. The Balaban J connectivity index is 2.02. The van der Waals surface area contributed by atoms with Crippen molar-refractivity contribution >= 4 is 5.91 Å². The summed E-state index contributed by atoms with van der Waals surface area (Å²) < 4.78 is 0. The van der Waals surface area contributed by atoms with E-state index >= 15 is 0 Å². The molecule has 2 rings (SSSR count). The average Bonchev–Trinajstić information content (AvgIpc) is 3.21. The number of aliphatic hydroxyl groups is 2. The average molecular weight is 250 g/mol. The highest BCUT2D eigenvalue weighted by molar-refractivity contribution is 5.94. The van der Waals surface area contributed by atoms with Crippen LogP contribution in [-0.2, 0) is 0 Å². The van der Waals surface area contributed by atoms with E-state index < -0.39 is 12.2 Å². The molecular weight excluding hydrogens is 232 g/mol. The third kappa shape index (κ3) is 3.07. The van der Waals surface area contributed by atoms with Crippen LogP contribution in [0, 0.1) is 0 Å². The fourth-order valence-electron chi connectivity index (χ4n) is 1.68. The van der Waals surface area contributed by atoms with Crippen molar-refractivity contribution in [3.8, 4) is 0 Å². The summed E-state index contributed by atoms with van der Waals surface area (Å²) in [6.07, 6.45) is 0.0860. The van der Waals surface area contributed by atoms with Gasteiger partial charge in [0.05, 0.1) is 6.10 Å². The van der Waals surface area contributed by atoms with Gasteiger partial charge in [0.2, 0.25) is 0 Å². The summed E-state index contributed by atoms with van der Waals surface area (Å²) in [5.74, 6) is -0.0992. The molecule has 1 fully saturated rings. The molecule has 0 saturated heterocycles. The van der Waals surface area contributed by atoms with Gasteiger partial charge in [0, 0.05) is 18.2 Å². The van der Waals surface area contributed by atoms with Gasteiger partial charge in [-0.15, -0.1) is 0 Å². The molecular formula is C13H18N2O3. The number of amides is 1. The highest BCUT2D eigenvalue weighted by Gasteiger charge is 2.24. The van der Waals surface area contributed by atoms with E-state index in [0.29, 0.717) is 17.2 Å². The highest BCUT2D eigenvalue weighted by Crippen LogP contribution is 2.20. The van der Waals surface area contributed by atoms with Crippen molar-refractivity contribution in [1.29, 1.82) is 0 Å². The van der Waals surface area contributed by atoms with Crippen molar-refractivity contribution in [2.24, 2.45) is 5.73 Å². The first kappa shape index (κ1) is 13.0. The van der Waals surface area contributed by atoms with Gasteiger partial charge >= 0.3 is 0 Å². The van der Waals surface area contributed by atoms with E-state index in [1.54, 1.807) is 24.3 Å². The SMILES string of the molecule is NCC(O)C(O)c1ccc(C(=O)NC2CC2)cc1. The van der Waals surface area contributed by atoms with Crippen LogP contribution in [0.25, 0.3) is 0 Å². The molecule has 1 aromatic carbocycles. The fourth-order valence-corrected chi connectivity index (χ4v) is 1.68. The Kier molecular flexibility index (Phi) is 3.96. The van der Waals surface area contributed by atoms with Gasteiger partial charge in [-0.05, 0) is 30.5 Å². The smallest absolute Gasteiger partial charge is 0.251 e. The lowest BCUT2D eigenvalue weighted by molar-refractivity contribution is 0.0243. The third-order valence-corrected chi connectivity index (χ3v) is 3.03. The molecule has 5 heteroatoms. The second-order valence-electron chi connectivity index (χ2n) is 4.62. The lowest BCUT2D eigenvalue weighted by Crippen LogP contribution is -2.27. The molecule has 5 N–H and O–H groups in total. The Morgan fingerprint density at radius 3 is 2.44 bits per heavy atom. The monoisotopic (exact) mass is 250 g/mol. The first-order chi connectivity index (χ1) is 8.61. The minimum atomic E-state index is -1.02. The Bertz CT molecular complexity index is 415. The molecule has 1 aliphatic rings. The fraction of sp³-hybridized carbons (Fsp3) is 0.462. The quantitative estimate of drug-likeness (QED) is 0.588. The van der Waals surface area contributed by atoms with E-state index in [1.807, 2.05) is 0 Å². The van der Waals surface area contributed by atoms with E-state index in [9.17, 15) is 15.0 Å². The van der Waals surface area contributed by atoms with Crippen molar-refractivity contribution in [1.82, 2.24) is 5.32 Å². The molecule has 0 aliphatic heterocycles. The van der Waals surface area contributed by atoms with Crippen LogP contribution < -0.4 is 11.1 Å². The maximum absolute atomic E-state index is 11.7. The summed E-state index contributed by atoms with van der Waals surface area (Å²) >= 11 is 0. The zero-order valence-corrected chi connectivity index (χ0v) is 10.0. The molecule has 1 aliphatic carbocycles. The van der Waals surface area contributed by atoms with Gasteiger partial charge in [0.15, 0.2) is 0 Å². The summed E-state index contributed by atoms with van der Waals surface area (Å²) in [6, 6.07) is 6.86. The number of rotatable bonds is 5. The molecule has 2 unspecified atom stereocenters. The lowest BCUT2D eigenvalue weighted by atomic mass is 10.0. The summed E-state index contributed by atoms with van der Waals surface area (Å²) in [4.78, 5) is 11.7. The number of nitrogens with two attached hydrogens (primary N) is 1. The van der Waals surface area contributed by atoms with Crippen LogP contribution in [0.5, 0.6) is 0 Å². The molecule has 2 atom stereocenters. The Morgan fingerprint density at radius 1 is 1.33 bits per heavy atom. The molecule has 0 spiro atoms. The standard InChI is InChI=1S/C13H18N2O3/c14-7-11(16)12(17)8-1-3-9(4-2-8)13(18)15-10-5-6-10/h1-4,10-12,16-17H,5-7,14H2,(H,15,18). The first-order valence-electron chi connectivity index (χ1n) is 6.09. The second-order valence-corrected chi connectivity index (χ2v) is 4.62. The second kappa shape index (κ2) is 5.48. The van der Waals surface area contributed by atoms with Crippen LogP contribution >= 0.6 is 0 Å². The van der Waals surface area contributed by atoms with Gasteiger partial charge < -0.3 is 21.3 Å². The molecule has 0 bridgehead atoms. The topological polar surface area (TPSA) is 95.6 Å². The molecule has 0 radical (unpaired) electrons. The molecule has 1 saturated carbocycles. The van der Waals surface area contributed by atoms with Crippen LogP contribution in [0.4, 0.5) is 0 Å². The van der Waals surface area contributed by atoms with Gasteiger partial charge in [0.1, 0.15) is 6.10 Å². The summed E-state index contributed by atoms with van der Waals surface area (Å²) in [6.45, 7) is -0.00885. The van der Waals surface area contributed by atoms with Crippen molar-refractivity contribution in [2.45, 2.75) is 31.1 Å². The normalized spacial score (nSPS) is 18.2. The summed E-state index contributed by atoms with van der Waals surface area (Å²) in [5, 5.41) is 22.1. The van der Waals surface area contributed by atoms with Crippen LogP contribution in [0.2, 0.25) is 0 Å². The molecule has 98 valence electrons. The number of carbonyl (C=O) groups excluding carboxylic acids is 1. The van der Waals surface area contributed by atoms with E-state index in [2.05, 4.69) is 5.32 Å². The lowest BCUT2D eigenvalue weighted by Gasteiger charge is -2.16. The Morgan fingerprint density at radius 2 is 1.94 bits per heavy atom. The maximum atomic E-state index is 11.7. The van der Waals surface area contributed by atoms with E-state index in [-0.39, 0.29) is 12.5 Å². The molecule has 0 heterocycles. The van der Waals surface area contributed by atoms with Crippen molar-refractivity contribution in [3.63, 3.8) is 0 Å². The van der Waals surface area contributed by atoms with E-state index in [1.165, 1.54) is 0 Å². The first-order valence-corrected chi connectivity index (χ1v) is 6.09. The third-order valence-electron chi connectivity index (χ3n) is 3.03. The van der Waals surface area contributed by atoms with Crippen LogP contribution in [0.3, 0.4) is 0 Å². The zero-order valence-electron chi connectivity index (χ0n) is 10.0. The van der Waals surface area contributed by atoms with Gasteiger partial charge in [-0.25, -0.2) is 0 Å². The minimum absolute atomic E-state index is 0.00885. The Hall–Kier alpha value is -1.43. The van der Waals surface area contributed by atoms with Crippen molar-refractivity contribution < 1.29 is 15.0 Å². The van der Waals surface area contributed by atoms with Gasteiger partial charge in [0.25, 0.3) is 5.91 Å². The molecule has 1 aromatic rings. The number of carbonyl (C=O) groups is 1. The Labute approximate surface area is 106 Å². The molecule has 1 amide bonds. The maximum Gasteiger partial charge on any atom is 0.251 e. The highest BCUT2D eigenvalue weighted by atomic mass is 16.3. The number of nitrogens with one attached hydrogen (secondary N) is 1. The van der Waals surface area contributed by atoms with Gasteiger partial charge in [-0.3, -0.25) is 4.79 Å². The predicted molar refractivity (Wildman–Crippen MR) is 67.0 cm³/mol. The van der Waals surface area contributed by atoms with Crippen LogP contribution in [0.1, 0.15) is 34.9 Å². The molecule has 0 aromatic heterocycles. The minimum Gasteiger partial charge on any atom is -0.389 e. The summed E-state index contributed by atoms with van der Waals surface area (Å²) in [5.41, 5.74) is 6.38. The number of hydrogen-bond donors (Lipinski definition) is 4. The largest absolute Gasteiger partial charge is 0.389 e. The molecule has 18 heavy (non-hydrogen) atoms. The number of benzene rings is 1.